The fourth-order valence-electron chi connectivity index (χ4n) is 2.69. The van der Waals surface area contributed by atoms with Crippen LogP contribution in [-0.4, -0.2) is 43.2 Å². The Balaban J connectivity index is 1.89. The summed E-state index contributed by atoms with van der Waals surface area (Å²) in [5, 5.41) is 8.79. The van der Waals surface area contributed by atoms with E-state index < -0.39 is 21.2 Å². The summed E-state index contributed by atoms with van der Waals surface area (Å²) in [5.41, 5.74) is -0.491. The molecule has 2 rings (SSSR count). The average molecular weight is 276 g/mol. The summed E-state index contributed by atoms with van der Waals surface area (Å²) in [7, 11) is -3.22. The van der Waals surface area contributed by atoms with Gasteiger partial charge < -0.3 is 9.84 Å². The molecule has 0 amide bonds. The predicted molar refractivity (Wildman–Crippen MR) is 66.1 cm³/mol. The van der Waals surface area contributed by atoms with Crippen LogP contribution in [0, 0.1) is 5.41 Å². The van der Waals surface area contributed by atoms with Crippen LogP contribution in [0.1, 0.15) is 39.0 Å². The Morgan fingerprint density at radius 1 is 1.39 bits per heavy atom. The highest BCUT2D eigenvalue weighted by atomic mass is 32.2. The summed E-state index contributed by atoms with van der Waals surface area (Å²) in [6, 6.07) is 0. The van der Waals surface area contributed by atoms with Gasteiger partial charge in [0, 0.05) is 0 Å². The van der Waals surface area contributed by atoms with Gasteiger partial charge in [0.25, 0.3) is 0 Å². The summed E-state index contributed by atoms with van der Waals surface area (Å²) < 4.78 is 29.6. The van der Waals surface area contributed by atoms with Crippen LogP contribution in [0.3, 0.4) is 0 Å². The Bertz CT molecular complexity index is 424. The monoisotopic (exact) mass is 276 g/mol. The minimum absolute atomic E-state index is 0.000537. The van der Waals surface area contributed by atoms with Gasteiger partial charge in [-0.3, -0.25) is 4.79 Å². The van der Waals surface area contributed by atoms with Crippen molar-refractivity contribution in [1.29, 1.82) is 0 Å². The van der Waals surface area contributed by atoms with E-state index in [0.717, 1.165) is 12.8 Å². The Hall–Kier alpha value is -0.620. The zero-order valence-electron chi connectivity index (χ0n) is 10.6. The number of hydrogen-bond donors (Lipinski definition) is 1. The van der Waals surface area contributed by atoms with E-state index >= 15 is 0 Å². The minimum Gasteiger partial charge on any atom is -0.481 e. The Labute approximate surface area is 107 Å². The third-order valence-electron chi connectivity index (χ3n) is 3.77. The van der Waals surface area contributed by atoms with Crippen molar-refractivity contribution in [3.63, 3.8) is 0 Å². The van der Waals surface area contributed by atoms with Gasteiger partial charge in [-0.25, -0.2) is 8.42 Å². The fourth-order valence-corrected chi connectivity index (χ4v) is 4.94. The molecule has 2 atom stereocenters. The molecule has 5 nitrogen and oxygen atoms in total. The van der Waals surface area contributed by atoms with Crippen molar-refractivity contribution in [2.45, 2.75) is 51.2 Å². The van der Waals surface area contributed by atoms with E-state index in [1.165, 1.54) is 0 Å². The van der Waals surface area contributed by atoms with Gasteiger partial charge >= 0.3 is 5.97 Å². The Morgan fingerprint density at radius 2 is 2.06 bits per heavy atom. The third kappa shape index (κ3) is 3.68. The average Bonchev–Trinajstić information content (AvgIpc) is 2.78. The number of hydrogen-bond acceptors (Lipinski definition) is 4. The van der Waals surface area contributed by atoms with Gasteiger partial charge in [0.05, 0.1) is 30.1 Å². The van der Waals surface area contributed by atoms with Crippen molar-refractivity contribution in [3.05, 3.63) is 0 Å². The molecule has 0 radical (unpaired) electrons. The van der Waals surface area contributed by atoms with Crippen molar-refractivity contribution in [2.24, 2.45) is 5.41 Å². The van der Waals surface area contributed by atoms with Gasteiger partial charge in [-0.1, -0.05) is 0 Å². The highest BCUT2D eigenvalue weighted by Gasteiger charge is 2.48. The Morgan fingerprint density at radius 3 is 2.50 bits per heavy atom. The smallest absolute Gasteiger partial charge is 0.303 e. The van der Waals surface area contributed by atoms with Crippen LogP contribution < -0.4 is 0 Å². The normalized spacial score (nSPS) is 30.3. The molecule has 1 saturated heterocycles. The summed E-state index contributed by atoms with van der Waals surface area (Å²) >= 11 is 0. The second-order valence-corrected chi connectivity index (χ2v) is 7.88. The van der Waals surface area contributed by atoms with E-state index in [4.69, 9.17) is 9.84 Å². The molecule has 6 heteroatoms. The fraction of sp³-hybridized carbons (Fsp3) is 0.917. The minimum atomic E-state index is -3.22. The number of ether oxygens (including phenoxy) is 1. The molecule has 0 aromatic rings. The first-order valence-electron chi connectivity index (χ1n) is 6.38. The van der Waals surface area contributed by atoms with Crippen molar-refractivity contribution >= 4 is 15.8 Å². The van der Waals surface area contributed by atoms with Crippen LogP contribution >= 0.6 is 0 Å². The highest BCUT2D eigenvalue weighted by molar-refractivity contribution is 7.91. The molecular weight excluding hydrogens is 256 g/mol. The van der Waals surface area contributed by atoms with Gasteiger partial charge in [-0.15, -0.1) is 0 Å². The first-order chi connectivity index (χ1) is 8.30. The number of carbonyl (C=O) groups is 1. The van der Waals surface area contributed by atoms with E-state index in [-0.39, 0.29) is 30.1 Å². The number of carboxylic acid groups (broad SMARTS) is 1. The lowest BCUT2D eigenvalue weighted by Crippen LogP contribution is -2.28. The molecule has 0 spiro atoms. The Kier molecular flexibility index (Phi) is 3.69. The maximum atomic E-state index is 12.1. The first-order valence-corrected chi connectivity index (χ1v) is 8.20. The second-order valence-electron chi connectivity index (χ2n) is 5.77. The molecular formula is C12H20O5S. The standard InChI is InChI=1S/C12H20O5S/c1-9-2-3-10(17-9)7-18(15,16)8-12(4-5-12)6-11(13)14/h9-10H,2-8H2,1H3,(H,13,14). The number of carboxylic acids is 1. The van der Waals surface area contributed by atoms with E-state index in [9.17, 15) is 13.2 Å². The largest absolute Gasteiger partial charge is 0.481 e. The van der Waals surface area contributed by atoms with Crippen molar-refractivity contribution < 1.29 is 23.1 Å². The van der Waals surface area contributed by atoms with Crippen molar-refractivity contribution in [3.8, 4) is 0 Å². The van der Waals surface area contributed by atoms with E-state index in [1.807, 2.05) is 6.92 Å². The van der Waals surface area contributed by atoms with Gasteiger partial charge in [0.15, 0.2) is 9.84 Å². The lowest BCUT2D eigenvalue weighted by atomic mass is 10.1. The molecule has 1 aliphatic heterocycles. The predicted octanol–water partition coefficient (Wildman–Crippen LogP) is 1.22. The summed E-state index contributed by atoms with van der Waals surface area (Å²) in [6.45, 7) is 1.94. The van der Waals surface area contributed by atoms with Crippen LogP contribution in [0.4, 0.5) is 0 Å². The first kappa shape index (κ1) is 13.8. The number of rotatable bonds is 6. The van der Waals surface area contributed by atoms with Gasteiger partial charge in [0.1, 0.15) is 0 Å². The second kappa shape index (κ2) is 4.81. The molecule has 0 aromatic carbocycles. The summed E-state index contributed by atoms with van der Waals surface area (Å²) in [6.07, 6.45) is 3.01. The van der Waals surface area contributed by atoms with Gasteiger partial charge in [0.2, 0.25) is 0 Å². The lowest BCUT2D eigenvalue weighted by molar-refractivity contribution is -0.138. The quantitative estimate of drug-likeness (QED) is 0.789. The molecule has 104 valence electrons. The van der Waals surface area contributed by atoms with Crippen molar-refractivity contribution in [2.75, 3.05) is 11.5 Å². The van der Waals surface area contributed by atoms with Gasteiger partial charge in [-0.05, 0) is 38.0 Å². The van der Waals surface area contributed by atoms with Crippen LogP contribution in [0.15, 0.2) is 0 Å². The molecule has 0 bridgehead atoms. The zero-order chi connectivity index (χ0) is 13.4. The zero-order valence-corrected chi connectivity index (χ0v) is 11.4. The topological polar surface area (TPSA) is 80.7 Å². The maximum Gasteiger partial charge on any atom is 0.303 e. The molecule has 18 heavy (non-hydrogen) atoms. The van der Waals surface area contributed by atoms with Crippen LogP contribution in [0.2, 0.25) is 0 Å². The number of sulfone groups is 1. The molecule has 1 aliphatic carbocycles. The van der Waals surface area contributed by atoms with Crippen LogP contribution in [0.25, 0.3) is 0 Å². The van der Waals surface area contributed by atoms with E-state index in [2.05, 4.69) is 0 Å². The van der Waals surface area contributed by atoms with Gasteiger partial charge in [-0.2, -0.15) is 0 Å². The highest BCUT2D eigenvalue weighted by Crippen LogP contribution is 2.50. The molecule has 1 heterocycles. The molecule has 2 fully saturated rings. The maximum absolute atomic E-state index is 12.1. The van der Waals surface area contributed by atoms with E-state index in [0.29, 0.717) is 12.8 Å². The van der Waals surface area contributed by atoms with Crippen LogP contribution in [0.5, 0.6) is 0 Å². The summed E-state index contributed by atoms with van der Waals surface area (Å²) in [4.78, 5) is 10.7. The summed E-state index contributed by atoms with van der Waals surface area (Å²) in [5.74, 6) is -0.868. The molecule has 2 unspecified atom stereocenters. The molecule has 2 aliphatic rings. The van der Waals surface area contributed by atoms with Crippen molar-refractivity contribution in [1.82, 2.24) is 0 Å². The third-order valence-corrected chi connectivity index (χ3v) is 5.70. The number of aliphatic carboxylic acids is 1. The SMILES string of the molecule is CC1CCC(CS(=O)(=O)CC2(CC(=O)O)CC2)O1. The molecule has 0 aromatic heterocycles. The lowest BCUT2D eigenvalue weighted by Gasteiger charge is -2.16. The molecule has 1 N–H and O–H groups in total. The molecule has 1 saturated carbocycles. The van der Waals surface area contributed by atoms with Crippen LogP contribution in [-0.2, 0) is 19.4 Å². The van der Waals surface area contributed by atoms with E-state index in [1.54, 1.807) is 0 Å².